The van der Waals surface area contributed by atoms with E-state index in [1.54, 1.807) is 25.3 Å². The van der Waals surface area contributed by atoms with Gasteiger partial charge in [0.1, 0.15) is 12.1 Å². The third-order valence-corrected chi connectivity index (χ3v) is 3.93. The number of aromatic nitrogens is 2. The van der Waals surface area contributed by atoms with E-state index in [-0.39, 0.29) is 5.91 Å². The lowest BCUT2D eigenvalue weighted by atomic mass is 10.2. The summed E-state index contributed by atoms with van der Waals surface area (Å²) < 4.78 is 0. The molecule has 2 aromatic rings. The molecule has 0 aliphatic heterocycles. The highest BCUT2D eigenvalue weighted by atomic mass is 32.1. The van der Waals surface area contributed by atoms with Crippen LogP contribution in [-0.4, -0.2) is 41.4 Å². The molecule has 1 N–H and O–H groups in total. The molecule has 0 spiro atoms. The molecule has 0 aliphatic carbocycles. The molecule has 0 radical (unpaired) electrons. The number of carbonyl (C=O) groups excluding carboxylic acids is 1. The summed E-state index contributed by atoms with van der Waals surface area (Å²) in [6, 6.07) is 5.68. The summed E-state index contributed by atoms with van der Waals surface area (Å²) in [6.45, 7) is 5.16. The molecule has 0 aromatic carbocycles. The number of rotatable bonds is 5. The van der Waals surface area contributed by atoms with Crippen molar-refractivity contribution in [1.82, 2.24) is 14.9 Å². The first-order valence-corrected chi connectivity index (χ1v) is 7.67. The lowest BCUT2D eigenvalue weighted by molar-refractivity contribution is 0.0832. The molecular weight excluding hydrogens is 284 g/mol. The number of hydrogen-bond donors (Lipinski definition) is 1. The van der Waals surface area contributed by atoms with Crippen molar-refractivity contribution in [1.29, 1.82) is 0 Å². The van der Waals surface area contributed by atoms with E-state index >= 15 is 0 Å². The highest BCUT2D eigenvalue weighted by Gasteiger charge is 2.13. The predicted octanol–water partition coefficient (Wildman–Crippen LogP) is 2.97. The quantitative estimate of drug-likeness (QED) is 0.922. The molecule has 6 heteroatoms. The van der Waals surface area contributed by atoms with Gasteiger partial charge in [0.2, 0.25) is 0 Å². The van der Waals surface area contributed by atoms with Gasteiger partial charge in [0.25, 0.3) is 5.91 Å². The van der Waals surface area contributed by atoms with Crippen molar-refractivity contribution < 1.29 is 4.79 Å². The number of hydrogen-bond acceptors (Lipinski definition) is 5. The van der Waals surface area contributed by atoms with Crippen molar-refractivity contribution in [2.45, 2.75) is 13.8 Å². The Bertz CT molecular complexity index is 622. The van der Waals surface area contributed by atoms with Gasteiger partial charge in [0, 0.05) is 26.7 Å². The summed E-state index contributed by atoms with van der Waals surface area (Å²) in [5.74, 6) is 1.37. The van der Waals surface area contributed by atoms with Crippen molar-refractivity contribution in [3.8, 4) is 10.6 Å². The summed E-state index contributed by atoms with van der Waals surface area (Å²) in [6.07, 6.45) is 1.55. The van der Waals surface area contributed by atoms with Crippen LogP contribution in [0, 0.1) is 5.92 Å². The van der Waals surface area contributed by atoms with Gasteiger partial charge in [-0.1, -0.05) is 13.8 Å². The van der Waals surface area contributed by atoms with E-state index < -0.39 is 0 Å². The fraction of sp³-hybridized carbons (Fsp3) is 0.400. The van der Waals surface area contributed by atoms with Crippen LogP contribution in [0.5, 0.6) is 0 Å². The molecule has 0 unspecified atom stereocenters. The van der Waals surface area contributed by atoms with E-state index in [1.165, 1.54) is 11.3 Å². The third-order valence-electron chi connectivity index (χ3n) is 2.83. The topological polar surface area (TPSA) is 58.1 Å². The molecule has 2 rings (SSSR count). The lowest BCUT2D eigenvalue weighted by Crippen LogP contribution is -2.20. The minimum atomic E-state index is 0.0125. The molecular formula is C15H20N4OS. The van der Waals surface area contributed by atoms with Crippen LogP contribution in [-0.2, 0) is 0 Å². The van der Waals surface area contributed by atoms with E-state index in [1.807, 2.05) is 18.2 Å². The zero-order chi connectivity index (χ0) is 15.4. The third kappa shape index (κ3) is 4.01. The van der Waals surface area contributed by atoms with Gasteiger partial charge in [-0.3, -0.25) is 4.79 Å². The van der Waals surface area contributed by atoms with E-state index in [2.05, 4.69) is 29.1 Å². The second kappa shape index (κ2) is 6.67. The van der Waals surface area contributed by atoms with Crippen molar-refractivity contribution in [2.75, 3.05) is 26.0 Å². The predicted molar refractivity (Wildman–Crippen MR) is 86.7 cm³/mol. The molecule has 0 saturated carbocycles. The van der Waals surface area contributed by atoms with Crippen LogP contribution in [0.15, 0.2) is 24.5 Å². The number of carbonyl (C=O) groups is 1. The number of nitrogens with zero attached hydrogens (tertiary/aromatic N) is 3. The Balaban J connectivity index is 2.18. The van der Waals surface area contributed by atoms with Crippen LogP contribution in [0.1, 0.15) is 23.5 Å². The Labute approximate surface area is 129 Å². The van der Waals surface area contributed by atoms with Crippen LogP contribution in [0.2, 0.25) is 0 Å². The molecule has 112 valence electrons. The Kier molecular flexibility index (Phi) is 4.90. The molecule has 2 aromatic heterocycles. The molecule has 0 saturated heterocycles. The number of anilines is 1. The summed E-state index contributed by atoms with van der Waals surface area (Å²) in [7, 11) is 3.50. The fourth-order valence-electron chi connectivity index (χ4n) is 1.71. The maximum absolute atomic E-state index is 11.9. The number of nitrogens with one attached hydrogen (secondary N) is 1. The average Bonchev–Trinajstić information content (AvgIpc) is 2.94. The highest BCUT2D eigenvalue weighted by molar-refractivity contribution is 7.17. The fourth-order valence-corrected chi connectivity index (χ4v) is 2.70. The Morgan fingerprint density at radius 2 is 2.10 bits per heavy atom. The van der Waals surface area contributed by atoms with Gasteiger partial charge in [-0.05, 0) is 18.1 Å². The van der Waals surface area contributed by atoms with Crippen LogP contribution in [0.4, 0.5) is 5.82 Å². The van der Waals surface area contributed by atoms with Gasteiger partial charge in [-0.2, -0.15) is 0 Å². The van der Waals surface area contributed by atoms with Gasteiger partial charge in [-0.15, -0.1) is 11.3 Å². The molecule has 0 bridgehead atoms. The van der Waals surface area contributed by atoms with Gasteiger partial charge >= 0.3 is 0 Å². The van der Waals surface area contributed by atoms with E-state index in [0.717, 1.165) is 22.9 Å². The molecule has 2 heterocycles. The first-order chi connectivity index (χ1) is 9.97. The highest BCUT2D eigenvalue weighted by Crippen LogP contribution is 2.28. The summed E-state index contributed by atoms with van der Waals surface area (Å²) in [5, 5.41) is 3.28. The molecule has 5 nitrogen and oxygen atoms in total. The maximum atomic E-state index is 11.9. The maximum Gasteiger partial charge on any atom is 0.263 e. The van der Waals surface area contributed by atoms with Crippen LogP contribution in [0.25, 0.3) is 10.6 Å². The van der Waals surface area contributed by atoms with Crippen molar-refractivity contribution in [2.24, 2.45) is 5.92 Å². The van der Waals surface area contributed by atoms with Gasteiger partial charge < -0.3 is 10.2 Å². The van der Waals surface area contributed by atoms with Gasteiger partial charge in [-0.25, -0.2) is 9.97 Å². The van der Waals surface area contributed by atoms with Crippen LogP contribution < -0.4 is 5.32 Å². The monoisotopic (exact) mass is 304 g/mol. The van der Waals surface area contributed by atoms with Crippen molar-refractivity contribution >= 4 is 23.1 Å². The average molecular weight is 304 g/mol. The smallest absolute Gasteiger partial charge is 0.263 e. The van der Waals surface area contributed by atoms with E-state index in [4.69, 9.17) is 0 Å². The van der Waals surface area contributed by atoms with Crippen LogP contribution >= 0.6 is 11.3 Å². The zero-order valence-electron chi connectivity index (χ0n) is 12.8. The van der Waals surface area contributed by atoms with Crippen LogP contribution in [0.3, 0.4) is 0 Å². The first kappa shape index (κ1) is 15.4. The summed E-state index contributed by atoms with van der Waals surface area (Å²) in [5.41, 5.74) is 0.832. The normalized spacial score (nSPS) is 10.7. The standard InChI is InChI=1S/C15H20N4OS/c1-10(2)8-16-14-7-11(17-9-18-14)12-5-6-13(21-12)15(20)19(3)4/h5-7,9-10H,8H2,1-4H3,(H,16,17,18). The Hall–Kier alpha value is -1.95. The zero-order valence-corrected chi connectivity index (χ0v) is 13.6. The second-order valence-corrected chi connectivity index (χ2v) is 6.51. The lowest BCUT2D eigenvalue weighted by Gasteiger charge is -2.08. The molecule has 1 amide bonds. The molecule has 21 heavy (non-hydrogen) atoms. The minimum absolute atomic E-state index is 0.0125. The van der Waals surface area contributed by atoms with Gasteiger partial charge in [0.15, 0.2) is 0 Å². The van der Waals surface area contributed by atoms with Crippen molar-refractivity contribution in [3.05, 3.63) is 29.4 Å². The summed E-state index contributed by atoms with van der Waals surface area (Å²) >= 11 is 1.45. The van der Waals surface area contributed by atoms with Gasteiger partial charge in [0.05, 0.1) is 15.4 Å². The number of amides is 1. The second-order valence-electron chi connectivity index (χ2n) is 5.43. The Morgan fingerprint density at radius 1 is 1.33 bits per heavy atom. The summed E-state index contributed by atoms with van der Waals surface area (Å²) in [4.78, 5) is 23.7. The molecule has 0 atom stereocenters. The largest absolute Gasteiger partial charge is 0.370 e. The number of thiophene rings is 1. The minimum Gasteiger partial charge on any atom is -0.370 e. The van der Waals surface area contributed by atoms with E-state index in [0.29, 0.717) is 10.8 Å². The van der Waals surface area contributed by atoms with Crippen molar-refractivity contribution in [3.63, 3.8) is 0 Å². The SMILES string of the molecule is CC(C)CNc1cc(-c2ccc(C(=O)N(C)C)s2)ncn1. The first-order valence-electron chi connectivity index (χ1n) is 6.85. The molecule has 0 aliphatic rings. The Morgan fingerprint density at radius 3 is 2.76 bits per heavy atom. The van der Waals surface area contributed by atoms with E-state index in [9.17, 15) is 4.79 Å². The molecule has 0 fully saturated rings.